The Morgan fingerprint density at radius 1 is 1.14 bits per heavy atom. The topological polar surface area (TPSA) is 61.4 Å². The summed E-state index contributed by atoms with van der Waals surface area (Å²) < 4.78 is 0. The van der Waals surface area contributed by atoms with Crippen molar-refractivity contribution in [2.24, 2.45) is 0 Å². The van der Waals surface area contributed by atoms with Gasteiger partial charge in [-0.3, -0.25) is 14.5 Å². The van der Waals surface area contributed by atoms with Gasteiger partial charge in [0.25, 0.3) is 5.91 Å². The van der Waals surface area contributed by atoms with E-state index in [1.54, 1.807) is 0 Å². The van der Waals surface area contributed by atoms with Crippen LogP contribution in [0, 0.1) is 6.92 Å². The van der Waals surface area contributed by atoms with Crippen LogP contribution in [0.25, 0.3) is 0 Å². The van der Waals surface area contributed by atoms with E-state index < -0.39 is 0 Å². The van der Waals surface area contributed by atoms with E-state index in [-0.39, 0.29) is 17.9 Å². The Morgan fingerprint density at radius 2 is 1.96 bits per heavy atom. The number of piperidine rings is 1. The number of carbonyl (C=O) groups is 2. The number of benzene rings is 2. The SMILES string of the molecule is Cc1cccc(C(=O)NC2CCN(Cc3ccc4c(c3)NC(=O)CC4)CC2)c1. The van der Waals surface area contributed by atoms with Gasteiger partial charge in [0.2, 0.25) is 5.91 Å². The van der Waals surface area contributed by atoms with E-state index in [0.29, 0.717) is 6.42 Å². The highest BCUT2D eigenvalue weighted by atomic mass is 16.2. The molecule has 2 amide bonds. The third-order valence-corrected chi connectivity index (χ3v) is 5.68. The number of fused-ring (bicyclic) bond motifs is 1. The van der Waals surface area contributed by atoms with E-state index in [1.165, 1.54) is 11.1 Å². The molecule has 4 rings (SSSR count). The van der Waals surface area contributed by atoms with Crippen molar-refractivity contribution in [3.8, 4) is 0 Å². The number of amides is 2. The number of likely N-dealkylation sites (tertiary alicyclic amines) is 1. The molecule has 28 heavy (non-hydrogen) atoms. The smallest absolute Gasteiger partial charge is 0.251 e. The summed E-state index contributed by atoms with van der Waals surface area (Å²) in [4.78, 5) is 26.5. The second-order valence-electron chi connectivity index (χ2n) is 7.93. The van der Waals surface area contributed by atoms with Crippen molar-refractivity contribution in [2.75, 3.05) is 18.4 Å². The minimum absolute atomic E-state index is 0.0209. The van der Waals surface area contributed by atoms with Crippen LogP contribution in [-0.2, 0) is 17.8 Å². The summed E-state index contributed by atoms with van der Waals surface area (Å²) >= 11 is 0. The molecule has 2 heterocycles. The van der Waals surface area contributed by atoms with Crippen LogP contribution in [0.1, 0.15) is 46.3 Å². The van der Waals surface area contributed by atoms with E-state index in [1.807, 2.05) is 31.2 Å². The Balaban J connectivity index is 1.29. The lowest BCUT2D eigenvalue weighted by Crippen LogP contribution is -2.44. The highest BCUT2D eigenvalue weighted by Gasteiger charge is 2.22. The number of carbonyl (C=O) groups excluding carboxylic acids is 2. The van der Waals surface area contributed by atoms with Crippen molar-refractivity contribution >= 4 is 17.5 Å². The molecule has 2 aromatic rings. The number of aryl methyl sites for hydroxylation is 2. The van der Waals surface area contributed by atoms with Crippen molar-refractivity contribution < 1.29 is 9.59 Å². The number of hydrogen-bond donors (Lipinski definition) is 2. The van der Waals surface area contributed by atoms with Gasteiger partial charge in [-0.05, 0) is 55.5 Å². The molecule has 5 nitrogen and oxygen atoms in total. The summed E-state index contributed by atoms with van der Waals surface area (Å²) in [7, 11) is 0. The first kappa shape index (κ1) is 18.7. The maximum Gasteiger partial charge on any atom is 0.251 e. The van der Waals surface area contributed by atoms with Gasteiger partial charge < -0.3 is 10.6 Å². The molecule has 5 heteroatoms. The zero-order valence-corrected chi connectivity index (χ0v) is 16.3. The zero-order valence-electron chi connectivity index (χ0n) is 16.3. The Morgan fingerprint density at radius 3 is 2.75 bits per heavy atom. The minimum atomic E-state index is 0.0209. The summed E-state index contributed by atoms with van der Waals surface area (Å²) in [6, 6.07) is 14.4. The molecule has 2 aliphatic heterocycles. The van der Waals surface area contributed by atoms with Gasteiger partial charge in [0.1, 0.15) is 0 Å². The highest BCUT2D eigenvalue weighted by Crippen LogP contribution is 2.25. The number of anilines is 1. The molecular formula is C23H27N3O2. The molecule has 2 aromatic carbocycles. The Bertz CT molecular complexity index is 885. The van der Waals surface area contributed by atoms with E-state index in [2.05, 4.69) is 33.7 Å². The summed E-state index contributed by atoms with van der Waals surface area (Å²) in [6.45, 7) is 4.80. The fraction of sp³-hybridized carbons (Fsp3) is 0.391. The highest BCUT2D eigenvalue weighted by molar-refractivity contribution is 5.94. The molecule has 2 aliphatic rings. The number of nitrogens with zero attached hydrogens (tertiary/aromatic N) is 1. The number of rotatable bonds is 4. The first-order valence-corrected chi connectivity index (χ1v) is 10.1. The van der Waals surface area contributed by atoms with Gasteiger partial charge in [0.15, 0.2) is 0 Å². The van der Waals surface area contributed by atoms with Gasteiger partial charge in [-0.15, -0.1) is 0 Å². The van der Waals surface area contributed by atoms with E-state index in [9.17, 15) is 9.59 Å². The van der Waals surface area contributed by atoms with Crippen LogP contribution in [0.4, 0.5) is 5.69 Å². The van der Waals surface area contributed by atoms with Crippen LogP contribution in [0.2, 0.25) is 0 Å². The van der Waals surface area contributed by atoms with E-state index in [4.69, 9.17) is 0 Å². The average molecular weight is 377 g/mol. The maximum absolute atomic E-state index is 12.4. The minimum Gasteiger partial charge on any atom is -0.349 e. The van der Waals surface area contributed by atoms with Crippen LogP contribution in [0.3, 0.4) is 0 Å². The number of nitrogens with one attached hydrogen (secondary N) is 2. The summed E-state index contributed by atoms with van der Waals surface area (Å²) in [5.41, 5.74) is 5.25. The average Bonchev–Trinajstić information content (AvgIpc) is 2.69. The van der Waals surface area contributed by atoms with Gasteiger partial charge in [0, 0.05) is 43.3 Å². The van der Waals surface area contributed by atoms with Crippen LogP contribution >= 0.6 is 0 Å². The molecule has 2 N–H and O–H groups in total. The molecule has 1 fully saturated rings. The first-order chi connectivity index (χ1) is 13.6. The van der Waals surface area contributed by atoms with Crippen molar-refractivity contribution in [3.63, 3.8) is 0 Å². The van der Waals surface area contributed by atoms with Crippen molar-refractivity contribution in [1.29, 1.82) is 0 Å². The normalized spacial score (nSPS) is 17.7. The van der Waals surface area contributed by atoms with Crippen molar-refractivity contribution in [2.45, 2.75) is 45.2 Å². The van der Waals surface area contributed by atoms with E-state index in [0.717, 1.165) is 55.7 Å². The molecule has 0 saturated carbocycles. The summed E-state index contributed by atoms with van der Waals surface area (Å²) in [5.74, 6) is 0.127. The standard InChI is InChI=1S/C23H27N3O2/c1-16-3-2-4-19(13-16)23(28)24-20-9-11-26(12-10-20)15-17-5-6-18-7-8-22(27)25-21(18)14-17/h2-6,13-14,20H,7-12,15H2,1H3,(H,24,28)(H,25,27). The third kappa shape index (κ3) is 4.42. The van der Waals surface area contributed by atoms with Crippen LogP contribution in [0.5, 0.6) is 0 Å². The Kier molecular flexibility index (Phi) is 5.44. The third-order valence-electron chi connectivity index (χ3n) is 5.68. The molecule has 0 aliphatic carbocycles. The molecule has 0 aromatic heterocycles. The molecule has 0 unspecified atom stereocenters. The Hall–Kier alpha value is -2.66. The molecule has 0 atom stereocenters. The fourth-order valence-corrected chi connectivity index (χ4v) is 4.07. The summed E-state index contributed by atoms with van der Waals surface area (Å²) in [5, 5.41) is 6.16. The Labute approximate surface area is 166 Å². The monoisotopic (exact) mass is 377 g/mol. The molecule has 0 spiro atoms. The van der Waals surface area contributed by atoms with Gasteiger partial charge >= 0.3 is 0 Å². The van der Waals surface area contributed by atoms with Crippen molar-refractivity contribution in [1.82, 2.24) is 10.2 Å². The van der Waals surface area contributed by atoms with Crippen LogP contribution in [0.15, 0.2) is 42.5 Å². The molecule has 146 valence electrons. The number of hydrogen-bond acceptors (Lipinski definition) is 3. The molecular weight excluding hydrogens is 350 g/mol. The second kappa shape index (κ2) is 8.15. The van der Waals surface area contributed by atoms with Crippen LogP contribution < -0.4 is 10.6 Å². The zero-order chi connectivity index (χ0) is 19.5. The quantitative estimate of drug-likeness (QED) is 0.860. The lowest BCUT2D eigenvalue weighted by Gasteiger charge is -2.32. The lowest BCUT2D eigenvalue weighted by molar-refractivity contribution is -0.116. The largest absolute Gasteiger partial charge is 0.349 e. The predicted octanol–water partition coefficient (Wildman–Crippen LogP) is 3.27. The molecule has 1 saturated heterocycles. The van der Waals surface area contributed by atoms with Gasteiger partial charge in [-0.1, -0.05) is 29.8 Å². The molecule has 0 bridgehead atoms. The van der Waals surface area contributed by atoms with Gasteiger partial charge in [-0.2, -0.15) is 0 Å². The van der Waals surface area contributed by atoms with Crippen LogP contribution in [-0.4, -0.2) is 35.8 Å². The van der Waals surface area contributed by atoms with Gasteiger partial charge in [-0.25, -0.2) is 0 Å². The second-order valence-corrected chi connectivity index (χ2v) is 7.93. The molecule has 0 radical (unpaired) electrons. The lowest BCUT2D eigenvalue weighted by atomic mass is 9.99. The first-order valence-electron chi connectivity index (χ1n) is 10.1. The van der Waals surface area contributed by atoms with E-state index >= 15 is 0 Å². The van der Waals surface area contributed by atoms with Gasteiger partial charge in [0.05, 0.1) is 0 Å². The van der Waals surface area contributed by atoms with Crippen molar-refractivity contribution in [3.05, 3.63) is 64.7 Å². The fourth-order valence-electron chi connectivity index (χ4n) is 4.07. The summed E-state index contributed by atoms with van der Waals surface area (Å²) in [6.07, 6.45) is 3.32. The maximum atomic E-state index is 12.4. The predicted molar refractivity (Wildman–Crippen MR) is 110 cm³/mol.